The van der Waals surface area contributed by atoms with E-state index in [1.165, 1.54) is 65.7 Å². The first kappa shape index (κ1) is 31.9. The molecule has 0 amide bonds. The molecule has 1 atom stereocenters. The lowest BCUT2D eigenvalue weighted by atomic mass is 9.58. The Morgan fingerprint density at radius 1 is 0.368 bits per heavy atom. The van der Waals surface area contributed by atoms with Crippen molar-refractivity contribution in [2.45, 2.75) is 5.41 Å². The average molecular weight is 726 g/mol. The van der Waals surface area contributed by atoms with Crippen molar-refractivity contribution < 1.29 is 4.74 Å². The van der Waals surface area contributed by atoms with Crippen molar-refractivity contribution in [3.05, 3.63) is 235 Å². The molecule has 10 aromatic carbocycles. The summed E-state index contributed by atoms with van der Waals surface area (Å²) in [6.45, 7) is 0. The van der Waals surface area contributed by atoms with Gasteiger partial charge in [0.2, 0.25) is 0 Å². The molecule has 2 aliphatic rings. The molecule has 0 saturated carbocycles. The maximum atomic E-state index is 7.11. The number of hydrogen-bond acceptors (Lipinski definition) is 2. The van der Waals surface area contributed by atoms with Crippen molar-refractivity contribution in [1.29, 1.82) is 0 Å². The summed E-state index contributed by atoms with van der Waals surface area (Å²) in [6, 6.07) is 77.4. The quantitative estimate of drug-likeness (QED) is 0.179. The molecule has 0 aromatic heterocycles. The second kappa shape index (κ2) is 12.3. The number of hydrogen-bond donors (Lipinski definition) is 0. The standard InChI is InChI=1S/C55H35NO/c1-2-17-39(18-3-1)54-42-23-7-5-16-37(42)31-34-50(54)56(49-29-14-19-36-15-4-6-22-41(36)49)40-32-33-47-52(35-40)57-51-30-11-10-27-46(51)55(47)45-26-9-8-24-43(45)44-25-12-20-38-21-13-28-48(55)53(38)44/h1-35H. The van der Waals surface area contributed by atoms with Gasteiger partial charge in [0.25, 0.3) is 0 Å². The van der Waals surface area contributed by atoms with Gasteiger partial charge in [0.1, 0.15) is 11.5 Å². The van der Waals surface area contributed by atoms with Gasteiger partial charge in [-0.25, -0.2) is 0 Å². The SMILES string of the molecule is c1ccc(-c2c(N(c3ccc4c(c3)Oc3ccccc3C43c4ccccc4-c4cccc5cccc3c45)c3cccc4ccccc34)ccc3ccccc23)cc1. The van der Waals surface area contributed by atoms with Crippen LogP contribution in [-0.4, -0.2) is 0 Å². The monoisotopic (exact) mass is 725 g/mol. The Kier molecular flexibility index (Phi) is 6.88. The Balaban J connectivity index is 1.18. The second-order valence-electron chi connectivity index (χ2n) is 15.2. The van der Waals surface area contributed by atoms with Gasteiger partial charge in [0.05, 0.1) is 16.8 Å². The van der Waals surface area contributed by atoms with Crippen LogP contribution in [0.3, 0.4) is 0 Å². The smallest absolute Gasteiger partial charge is 0.134 e. The van der Waals surface area contributed by atoms with Crippen molar-refractivity contribution in [3.63, 3.8) is 0 Å². The molecular weight excluding hydrogens is 691 g/mol. The van der Waals surface area contributed by atoms with Crippen LogP contribution in [0, 0.1) is 0 Å². The third-order valence-corrected chi connectivity index (χ3v) is 12.3. The van der Waals surface area contributed by atoms with Crippen LogP contribution in [0.1, 0.15) is 22.3 Å². The van der Waals surface area contributed by atoms with Crippen LogP contribution in [0.25, 0.3) is 54.6 Å². The molecule has 266 valence electrons. The highest BCUT2D eigenvalue weighted by molar-refractivity contribution is 6.09. The number of nitrogens with zero attached hydrogens (tertiary/aromatic N) is 1. The molecule has 1 heterocycles. The fraction of sp³-hybridized carbons (Fsp3) is 0.0182. The Morgan fingerprint density at radius 2 is 0.982 bits per heavy atom. The van der Waals surface area contributed by atoms with E-state index in [1.807, 2.05) is 0 Å². The van der Waals surface area contributed by atoms with Crippen LogP contribution in [0.15, 0.2) is 212 Å². The topological polar surface area (TPSA) is 12.5 Å². The zero-order valence-corrected chi connectivity index (χ0v) is 31.1. The molecule has 10 aromatic rings. The van der Waals surface area contributed by atoms with Crippen LogP contribution >= 0.6 is 0 Å². The van der Waals surface area contributed by atoms with E-state index in [4.69, 9.17) is 4.74 Å². The molecule has 0 N–H and O–H groups in total. The van der Waals surface area contributed by atoms with Crippen LogP contribution in [0.2, 0.25) is 0 Å². The molecule has 2 heteroatoms. The van der Waals surface area contributed by atoms with Crippen molar-refractivity contribution in [3.8, 4) is 33.8 Å². The summed E-state index contributed by atoms with van der Waals surface area (Å²) in [4.78, 5) is 2.44. The third-order valence-electron chi connectivity index (χ3n) is 12.3. The predicted molar refractivity (Wildman–Crippen MR) is 236 cm³/mol. The fourth-order valence-electron chi connectivity index (χ4n) is 9.99. The number of anilines is 3. The minimum absolute atomic E-state index is 0.602. The molecule has 12 rings (SSSR count). The van der Waals surface area contributed by atoms with Gasteiger partial charge in [-0.3, -0.25) is 0 Å². The maximum absolute atomic E-state index is 7.11. The zero-order valence-electron chi connectivity index (χ0n) is 31.1. The molecule has 1 unspecified atom stereocenters. The molecule has 1 aliphatic heterocycles. The van der Waals surface area contributed by atoms with Gasteiger partial charge in [-0.15, -0.1) is 0 Å². The lowest BCUT2D eigenvalue weighted by Gasteiger charge is -2.45. The highest BCUT2D eigenvalue weighted by atomic mass is 16.5. The van der Waals surface area contributed by atoms with Gasteiger partial charge in [-0.1, -0.05) is 182 Å². The van der Waals surface area contributed by atoms with Crippen molar-refractivity contribution in [2.75, 3.05) is 4.90 Å². The lowest BCUT2D eigenvalue weighted by Crippen LogP contribution is -2.36. The Morgan fingerprint density at radius 3 is 1.86 bits per heavy atom. The molecule has 1 spiro atoms. The average Bonchev–Trinajstić information content (AvgIpc) is 3.28. The van der Waals surface area contributed by atoms with Gasteiger partial charge in [0.15, 0.2) is 0 Å². The molecule has 0 bridgehead atoms. The molecule has 57 heavy (non-hydrogen) atoms. The summed E-state index contributed by atoms with van der Waals surface area (Å²) in [5.41, 5.74) is 12.4. The lowest BCUT2D eigenvalue weighted by molar-refractivity contribution is 0.435. The molecule has 2 nitrogen and oxygen atoms in total. The molecular formula is C55H35NO. The van der Waals surface area contributed by atoms with Gasteiger partial charge in [-0.05, 0) is 79.0 Å². The van der Waals surface area contributed by atoms with Gasteiger partial charge < -0.3 is 9.64 Å². The fourth-order valence-corrected chi connectivity index (χ4v) is 9.99. The summed E-state index contributed by atoms with van der Waals surface area (Å²) in [5, 5.41) is 7.32. The van der Waals surface area contributed by atoms with Crippen LogP contribution < -0.4 is 9.64 Å². The van der Waals surface area contributed by atoms with Crippen LogP contribution in [0.4, 0.5) is 17.1 Å². The molecule has 0 fully saturated rings. The van der Waals surface area contributed by atoms with Gasteiger partial charge >= 0.3 is 0 Å². The number of ether oxygens (including phenoxy) is 1. The summed E-state index contributed by atoms with van der Waals surface area (Å²) in [7, 11) is 0. The first-order valence-corrected chi connectivity index (χ1v) is 19.7. The van der Waals surface area contributed by atoms with Crippen LogP contribution in [-0.2, 0) is 5.41 Å². The maximum Gasteiger partial charge on any atom is 0.134 e. The Labute approximate surface area is 331 Å². The van der Waals surface area contributed by atoms with E-state index in [0.717, 1.165) is 39.7 Å². The van der Waals surface area contributed by atoms with E-state index in [2.05, 4.69) is 217 Å². The Hall–Kier alpha value is -7.42. The highest BCUT2D eigenvalue weighted by Gasteiger charge is 2.49. The van der Waals surface area contributed by atoms with E-state index < -0.39 is 5.41 Å². The van der Waals surface area contributed by atoms with Crippen LogP contribution in [0.5, 0.6) is 11.5 Å². The second-order valence-corrected chi connectivity index (χ2v) is 15.2. The number of para-hydroxylation sites is 1. The van der Waals surface area contributed by atoms with Crippen molar-refractivity contribution >= 4 is 49.4 Å². The number of benzene rings is 10. The summed E-state index contributed by atoms with van der Waals surface area (Å²) in [5.74, 6) is 1.73. The van der Waals surface area contributed by atoms with Crippen molar-refractivity contribution in [1.82, 2.24) is 0 Å². The minimum atomic E-state index is -0.602. The first-order valence-electron chi connectivity index (χ1n) is 19.7. The number of rotatable bonds is 4. The van der Waals surface area contributed by atoms with E-state index >= 15 is 0 Å². The summed E-state index contributed by atoms with van der Waals surface area (Å²) >= 11 is 0. The minimum Gasteiger partial charge on any atom is -0.457 e. The highest BCUT2D eigenvalue weighted by Crippen LogP contribution is 2.62. The summed E-state index contributed by atoms with van der Waals surface area (Å²) in [6.07, 6.45) is 0. The van der Waals surface area contributed by atoms with E-state index in [9.17, 15) is 0 Å². The predicted octanol–water partition coefficient (Wildman–Crippen LogP) is 14.8. The zero-order chi connectivity index (χ0) is 37.5. The van der Waals surface area contributed by atoms with E-state index in [0.29, 0.717) is 0 Å². The number of fused-ring (bicyclic) bond motifs is 10. The van der Waals surface area contributed by atoms with Gasteiger partial charge in [0, 0.05) is 33.8 Å². The summed E-state index contributed by atoms with van der Waals surface area (Å²) < 4.78 is 7.11. The molecule has 0 saturated heterocycles. The van der Waals surface area contributed by atoms with Gasteiger partial charge in [-0.2, -0.15) is 0 Å². The van der Waals surface area contributed by atoms with E-state index in [-0.39, 0.29) is 0 Å². The molecule has 0 radical (unpaired) electrons. The third kappa shape index (κ3) is 4.53. The largest absolute Gasteiger partial charge is 0.457 e. The van der Waals surface area contributed by atoms with Crippen molar-refractivity contribution in [2.24, 2.45) is 0 Å². The molecule has 1 aliphatic carbocycles. The normalized spacial score (nSPS) is 14.9. The van der Waals surface area contributed by atoms with E-state index in [1.54, 1.807) is 0 Å². The Bertz CT molecular complexity index is 3230. The first-order chi connectivity index (χ1) is 28.3.